The number of aliphatic hydroxyl groups excluding tert-OH is 2. The van der Waals surface area contributed by atoms with Gasteiger partial charge >= 0.3 is 0 Å². The van der Waals surface area contributed by atoms with Crippen LogP contribution >= 0.6 is 0 Å². The van der Waals surface area contributed by atoms with Crippen LogP contribution < -0.4 is 5.73 Å². The van der Waals surface area contributed by atoms with Crippen molar-refractivity contribution in [3.05, 3.63) is 0 Å². The molecule has 0 radical (unpaired) electrons. The normalized spacial score (nSPS) is 57.8. The quantitative estimate of drug-likeness (QED) is 0.696. The Hall–Kier alpha value is -0.120. The molecule has 0 aromatic carbocycles. The van der Waals surface area contributed by atoms with Gasteiger partial charge < -0.3 is 15.9 Å². The topological polar surface area (TPSA) is 66.5 Å². The Kier molecular flexibility index (Phi) is 4.77. The molecule has 4 N–H and O–H groups in total. The van der Waals surface area contributed by atoms with Gasteiger partial charge in [-0.05, 0) is 91.3 Å². The van der Waals surface area contributed by atoms with Gasteiger partial charge in [-0.15, -0.1) is 0 Å². The van der Waals surface area contributed by atoms with Crippen molar-refractivity contribution in [2.24, 2.45) is 52.1 Å². The van der Waals surface area contributed by atoms with Crippen molar-refractivity contribution >= 4 is 0 Å². The van der Waals surface area contributed by atoms with Crippen LogP contribution in [0.5, 0.6) is 0 Å². The molecule has 0 aliphatic heterocycles. The van der Waals surface area contributed by atoms with E-state index in [9.17, 15) is 10.2 Å². The third-order valence-electron chi connectivity index (χ3n) is 10.2. The maximum Gasteiger partial charge on any atom is 0.0836 e. The molecule has 0 amide bonds. The summed E-state index contributed by atoms with van der Waals surface area (Å²) in [4.78, 5) is 0. The summed E-state index contributed by atoms with van der Waals surface area (Å²) in [5, 5.41) is 22.4. The highest BCUT2D eigenvalue weighted by Crippen LogP contribution is 2.68. The van der Waals surface area contributed by atoms with E-state index >= 15 is 0 Å². The van der Waals surface area contributed by atoms with Crippen LogP contribution in [0.4, 0.5) is 0 Å². The molecule has 4 saturated carbocycles. The molecule has 0 saturated heterocycles. The lowest BCUT2D eigenvalue weighted by Crippen LogP contribution is -2.64. The Morgan fingerprint density at radius 3 is 2.27 bits per heavy atom. The summed E-state index contributed by atoms with van der Waals surface area (Å²) < 4.78 is 0. The van der Waals surface area contributed by atoms with Crippen LogP contribution in [0.25, 0.3) is 0 Å². The fourth-order valence-corrected chi connectivity index (χ4v) is 8.55. The van der Waals surface area contributed by atoms with E-state index in [-0.39, 0.29) is 23.3 Å². The molecule has 4 rings (SSSR count). The first-order valence-corrected chi connectivity index (χ1v) is 11.4. The van der Waals surface area contributed by atoms with Gasteiger partial charge in [0.25, 0.3) is 0 Å². The SMILES string of the molecule is CC[C@@H](C)[C@H]1CCC2C3C(O)[C@H](O)C4C[C@@H](N)CC[C@]4(C)C3CC[C@@]21C. The monoisotopic (exact) mass is 363 g/mol. The average molecular weight is 364 g/mol. The molecule has 0 aromatic heterocycles. The molecule has 150 valence electrons. The maximum absolute atomic E-state index is 11.3. The van der Waals surface area contributed by atoms with Gasteiger partial charge in [-0.3, -0.25) is 0 Å². The van der Waals surface area contributed by atoms with Gasteiger partial charge in [0.1, 0.15) is 0 Å². The smallest absolute Gasteiger partial charge is 0.0836 e. The summed E-state index contributed by atoms with van der Waals surface area (Å²) in [7, 11) is 0. The van der Waals surface area contributed by atoms with E-state index in [4.69, 9.17) is 5.73 Å². The fraction of sp³-hybridized carbons (Fsp3) is 1.00. The first-order chi connectivity index (χ1) is 12.2. The molecular formula is C23H41NO2. The van der Waals surface area contributed by atoms with E-state index < -0.39 is 12.2 Å². The van der Waals surface area contributed by atoms with Crippen LogP contribution in [0.3, 0.4) is 0 Å². The second-order valence-electron chi connectivity index (χ2n) is 11.0. The molecule has 4 fully saturated rings. The predicted molar refractivity (Wildman–Crippen MR) is 105 cm³/mol. The lowest BCUT2D eigenvalue weighted by atomic mass is 9.43. The van der Waals surface area contributed by atoms with Crippen LogP contribution in [0.2, 0.25) is 0 Å². The highest BCUT2D eigenvalue weighted by molar-refractivity contribution is 5.14. The standard InChI is InChI=1S/C23H41NO2/c1-5-13(2)15-6-7-16-19-17(9-11-22(15,16)3)23(4)10-8-14(24)12-18(23)20(25)21(19)26/h13-21,25-26H,5-12,24H2,1-4H3/t13-,14+,15-,16?,17?,18?,19?,20-,21?,22-,23-/m1/s1. The van der Waals surface area contributed by atoms with Crippen molar-refractivity contribution in [1.29, 1.82) is 0 Å². The van der Waals surface area contributed by atoms with E-state index in [1.165, 1.54) is 32.1 Å². The Morgan fingerprint density at radius 1 is 0.923 bits per heavy atom. The Labute approximate surface area is 160 Å². The van der Waals surface area contributed by atoms with Gasteiger partial charge in [0.05, 0.1) is 12.2 Å². The van der Waals surface area contributed by atoms with Crippen LogP contribution in [-0.4, -0.2) is 28.5 Å². The second kappa shape index (κ2) is 6.46. The van der Waals surface area contributed by atoms with Gasteiger partial charge in [-0.1, -0.05) is 34.1 Å². The minimum absolute atomic E-state index is 0.162. The van der Waals surface area contributed by atoms with Crippen molar-refractivity contribution in [3.8, 4) is 0 Å². The number of hydrogen-bond donors (Lipinski definition) is 3. The number of aliphatic hydroxyl groups is 2. The predicted octanol–water partition coefficient (Wildman–Crippen LogP) is 3.96. The maximum atomic E-state index is 11.3. The van der Waals surface area contributed by atoms with Gasteiger partial charge in [0.15, 0.2) is 0 Å². The van der Waals surface area contributed by atoms with Crippen molar-refractivity contribution in [1.82, 2.24) is 0 Å². The summed E-state index contributed by atoms with van der Waals surface area (Å²) in [6, 6.07) is 0.196. The van der Waals surface area contributed by atoms with E-state index in [0.29, 0.717) is 17.3 Å². The van der Waals surface area contributed by atoms with Crippen LogP contribution in [0.1, 0.15) is 79.1 Å². The average Bonchev–Trinajstić information content (AvgIpc) is 2.97. The number of nitrogens with two attached hydrogens (primary N) is 1. The molecule has 0 heterocycles. The van der Waals surface area contributed by atoms with Crippen molar-refractivity contribution in [2.45, 2.75) is 97.3 Å². The summed E-state index contributed by atoms with van der Waals surface area (Å²) >= 11 is 0. The van der Waals surface area contributed by atoms with Gasteiger partial charge in [-0.25, -0.2) is 0 Å². The van der Waals surface area contributed by atoms with Crippen LogP contribution in [-0.2, 0) is 0 Å². The zero-order valence-corrected chi connectivity index (χ0v) is 17.3. The Bertz CT molecular complexity index is 538. The molecule has 3 heteroatoms. The number of rotatable bonds is 2. The van der Waals surface area contributed by atoms with Crippen LogP contribution in [0.15, 0.2) is 0 Å². The third-order valence-corrected chi connectivity index (χ3v) is 10.2. The number of hydrogen-bond acceptors (Lipinski definition) is 3. The molecule has 0 spiro atoms. The molecule has 26 heavy (non-hydrogen) atoms. The third kappa shape index (κ3) is 2.49. The minimum Gasteiger partial charge on any atom is -0.390 e. The van der Waals surface area contributed by atoms with Gasteiger partial charge in [-0.2, -0.15) is 0 Å². The van der Waals surface area contributed by atoms with E-state index in [0.717, 1.165) is 31.1 Å². The molecule has 4 aliphatic carbocycles. The van der Waals surface area contributed by atoms with E-state index in [1.54, 1.807) is 0 Å². The first kappa shape index (κ1) is 19.2. The molecule has 4 aliphatic rings. The summed E-state index contributed by atoms with van der Waals surface area (Å²) in [6.45, 7) is 9.68. The minimum atomic E-state index is -0.586. The molecule has 5 unspecified atom stereocenters. The zero-order chi connectivity index (χ0) is 18.9. The summed E-state index contributed by atoms with van der Waals surface area (Å²) in [5.41, 5.74) is 6.77. The summed E-state index contributed by atoms with van der Waals surface area (Å²) in [6.07, 6.45) is 8.31. The van der Waals surface area contributed by atoms with E-state index in [1.807, 2.05) is 0 Å². The molecule has 3 nitrogen and oxygen atoms in total. The highest BCUT2D eigenvalue weighted by atomic mass is 16.3. The molecular weight excluding hydrogens is 322 g/mol. The molecule has 11 atom stereocenters. The van der Waals surface area contributed by atoms with Crippen LogP contribution in [0, 0.1) is 46.3 Å². The lowest BCUT2D eigenvalue weighted by Gasteiger charge is -2.63. The Balaban J connectivity index is 1.67. The van der Waals surface area contributed by atoms with Gasteiger partial charge in [0, 0.05) is 6.04 Å². The fourth-order valence-electron chi connectivity index (χ4n) is 8.55. The van der Waals surface area contributed by atoms with E-state index in [2.05, 4.69) is 27.7 Å². The Morgan fingerprint density at radius 2 is 1.58 bits per heavy atom. The van der Waals surface area contributed by atoms with Crippen molar-refractivity contribution < 1.29 is 10.2 Å². The first-order valence-electron chi connectivity index (χ1n) is 11.4. The summed E-state index contributed by atoms with van der Waals surface area (Å²) in [5.74, 6) is 3.16. The van der Waals surface area contributed by atoms with Crippen molar-refractivity contribution in [2.75, 3.05) is 0 Å². The highest BCUT2D eigenvalue weighted by Gasteiger charge is 2.64. The molecule has 0 bridgehead atoms. The number of fused-ring (bicyclic) bond motifs is 5. The second-order valence-corrected chi connectivity index (χ2v) is 11.0. The zero-order valence-electron chi connectivity index (χ0n) is 17.3. The van der Waals surface area contributed by atoms with Crippen molar-refractivity contribution in [3.63, 3.8) is 0 Å². The molecule has 0 aromatic rings. The van der Waals surface area contributed by atoms with Gasteiger partial charge in [0.2, 0.25) is 0 Å². The lowest BCUT2D eigenvalue weighted by molar-refractivity contribution is -0.216. The largest absolute Gasteiger partial charge is 0.390 e.